The van der Waals surface area contributed by atoms with Crippen LogP contribution in [0.1, 0.15) is 19.8 Å². The van der Waals surface area contributed by atoms with E-state index < -0.39 is 3.34 Å². The Morgan fingerprint density at radius 3 is 1.88 bits per heavy atom. The van der Waals surface area contributed by atoms with Gasteiger partial charge in [-0.1, -0.05) is 0 Å². The van der Waals surface area contributed by atoms with Gasteiger partial charge in [0.05, 0.1) is 0 Å². The first kappa shape index (κ1) is 10.7. The minimum atomic E-state index is -1.20. The Hall–Kier alpha value is 2.73. The molecular formula is C4H9GeI3. The predicted octanol–water partition coefficient (Wildman–Crippen LogP) is 4.03. The maximum atomic E-state index is 2.66. The molecule has 0 aliphatic rings. The summed E-state index contributed by atoms with van der Waals surface area (Å²) in [7, 11) is 0. The molecule has 0 atom stereocenters. The van der Waals surface area contributed by atoms with E-state index in [1.54, 1.807) is 0 Å². The molecule has 0 spiro atoms. The van der Waals surface area contributed by atoms with Gasteiger partial charge in [0.1, 0.15) is 0 Å². The van der Waals surface area contributed by atoms with Crippen molar-refractivity contribution >= 4 is 64.0 Å². The Balaban J connectivity index is 3.11. The molecule has 0 saturated heterocycles. The minimum absolute atomic E-state index is 1.20. The number of unbranched alkanes of at least 4 members (excludes halogenated alkanes) is 1. The van der Waals surface area contributed by atoms with Crippen LogP contribution in [0.5, 0.6) is 0 Å². The molecule has 4 heteroatoms. The third-order valence-corrected chi connectivity index (χ3v) is 11.2. The van der Waals surface area contributed by atoms with Crippen LogP contribution >= 0.6 is 60.6 Å². The molecule has 0 aromatic heterocycles. The van der Waals surface area contributed by atoms with Gasteiger partial charge in [0.2, 0.25) is 0 Å². The number of hydrogen-bond donors (Lipinski definition) is 0. The van der Waals surface area contributed by atoms with E-state index in [4.69, 9.17) is 0 Å². The molecule has 0 aromatic carbocycles. The molecule has 0 aliphatic carbocycles. The second-order valence-electron chi connectivity index (χ2n) is 1.72. The van der Waals surface area contributed by atoms with E-state index in [1.807, 2.05) is 0 Å². The van der Waals surface area contributed by atoms with Gasteiger partial charge in [0.25, 0.3) is 0 Å². The van der Waals surface area contributed by atoms with E-state index in [2.05, 4.69) is 67.6 Å². The van der Waals surface area contributed by atoms with Crippen molar-refractivity contribution in [3.8, 4) is 0 Å². The van der Waals surface area contributed by atoms with Gasteiger partial charge < -0.3 is 0 Å². The zero-order valence-electron chi connectivity index (χ0n) is 4.76. The molecule has 0 N–H and O–H groups in total. The zero-order valence-corrected chi connectivity index (χ0v) is 13.3. The predicted molar refractivity (Wildman–Crippen MR) is 67.5 cm³/mol. The van der Waals surface area contributed by atoms with E-state index in [0.717, 1.165) is 0 Å². The van der Waals surface area contributed by atoms with Crippen molar-refractivity contribution < 1.29 is 0 Å². The first-order chi connectivity index (χ1) is 3.56. The van der Waals surface area contributed by atoms with Crippen molar-refractivity contribution in [2.24, 2.45) is 0 Å². The third kappa shape index (κ3) is 8.73. The van der Waals surface area contributed by atoms with E-state index in [-0.39, 0.29) is 0 Å². The SMILES string of the molecule is CCC[CH2][Ge]([I])([I])[I]. The van der Waals surface area contributed by atoms with Crippen LogP contribution in [0.4, 0.5) is 0 Å². The number of halogens is 3. The summed E-state index contributed by atoms with van der Waals surface area (Å²) in [5.41, 5.74) is 0. The quantitative estimate of drug-likeness (QED) is 0.398. The van der Waals surface area contributed by atoms with Crippen LogP contribution in [-0.4, -0.2) is 3.34 Å². The molecule has 50 valence electrons. The summed E-state index contributed by atoms with van der Waals surface area (Å²) >= 11 is 7.98. The summed E-state index contributed by atoms with van der Waals surface area (Å²) in [6.07, 6.45) is 2.80. The standard InChI is InChI=1S/C4H9GeI3/c1-2-3-4-5(6,7)8/h2-4H2,1H3. The molecule has 0 radical (unpaired) electrons. The molecular weight excluding hydrogens is 501 g/mol. The zero-order chi connectivity index (χ0) is 6.62. The van der Waals surface area contributed by atoms with E-state index in [9.17, 15) is 0 Å². The Labute approximate surface area is 87.2 Å². The van der Waals surface area contributed by atoms with Crippen LogP contribution in [0.3, 0.4) is 0 Å². The van der Waals surface area contributed by atoms with Gasteiger partial charge >= 0.3 is 89.0 Å². The fourth-order valence-electron chi connectivity index (χ4n) is 0.377. The fourth-order valence-corrected chi connectivity index (χ4v) is 7.91. The summed E-state index contributed by atoms with van der Waals surface area (Å²) < 4.78 is -1.20. The number of rotatable bonds is 3. The molecule has 0 saturated carbocycles. The summed E-state index contributed by atoms with van der Waals surface area (Å²) in [6, 6.07) is 0. The van der Waals surface area contributed by atoms with Crippen molar-refractivity contribution in [3.05, 3.63) is 0 Å². The van der Waals surface area contributed by atoms with Gasteiger partial charge in [-0.15, -0.1) is 0 Å². The van der Waals surface area contributed by atoms with Crippen molar-refractivity contribution in [3.63, 3.8) is 0 Å². The van der Waals surface area contributed by atoms with Crippen molar-refractivity contribution in [2.75, 3.05) is 0 Å². The summed E-state index contributed by atoms with van der Waals surface area (Å²) in [4.78, 5) is 0. The van der Waals surface area contributed by atoms with Gasteiger partial charge in [-0.05, 0) is 0 Å². The normalized spacial score (nSPS) is 12.0. The second-order valence-corrected chi connectivity index (χ2v) is 66.2. The van der Waals surface area contributed by atoms with Crippen molar-refractivity contribution in [2.45, 2.75) is 25.0 Å². The topological polar surface area (TPSA) is 0 Å². The fraction of sp³-hybridized carbons (Fsp3) is 1.00. The third-order valence-electron chi connectivity index (χ3n) is 0.814. The second kappa shape index (κ2) is 5.39. The Kier molecular flexibility index (Phi) is 7.23. The van der Waals surface area contributed by atoms with Gasteiger partial charge in [0, 0.05) is 0 Å². The first-order valence-electron chi connectivity index (χ1n) is 2.63. The molecule has 0 rings (SSSR count). The summed E-state index contributed by atoms with van der Waals surface area (Å²) in [6.45, 7) is 2.26. The summed E-state index contributed by atoms with van der Waals surface area (Å²) in [5.74, 6) is 0. The van der Waals surface area contributed by atoms with Crippen LogP contribution < -0.4 is 0 Å². The first-order valence-corrected chi connectivity index (χ1v) is 23.3. The molecule has 0 bridgehead atoms. The monoisotopic (exact) mass is 512 g/mol. The van der Waals surface area contributed by atoms with Crippen molar-refractivity contribution in [1.82, 2.24) is 0 Å². The van der Waals surface area contributed by atoms with E-state index in [0.29, 0.717) is 0 Å². The Morgan fingerprint density at radius 1 is 1.25 bits per heavy atom. The Bertz CT molecular complexity index is 58.8. The Morgan fingerprint density at radius 2 is 1.75 bits per heavy atom. The van der Waals surface area contributed by atoms with Gasteiger partial charge in [-0.3, -0.25) is 0 Å². The molecule has 0 heterocycles. The molecule has 0 nitrogen and oxygen atoms in total. The van der Waals surface area contributed by atoms with Gasteiger partial charge in [-0.25, -0.2) is 0 Å². The molecule has 0 amide bonds. The van der Waals surface area contributed by atoms with Crippen LogP contribution in [0.2, 0.25) is 5.25 Å². The van der Waals surface area contributed by atoms with Crippen molar-refractivity contribution in [1.29, 1.82) is 0 Å². The molecule has 8 heavy (non-hydrogen) atoms. The maximum absolute atomic E-state index is 2.66. The molecule has 0 aromatic rings. The summed E-state index contributed by atoms with van der Waals surface area (Å²) in [5, 5.41) is 1.51. The van der Waals surface area contributed by atoms with E-state index in [1.165, 1.54) is 18.1 Å². The van der Waals surface area contributed by atoms with Gasteiger partial charge in [-0.2, -0.15) is 0 Å². The average Bonchev–Trinajstić information content (AvgIpc) is 1.59. The number of hydrogen-bond acceptors (Lipinski definition) is 0. The molecule has 0 unspecified atom stereocenters. The van der Waals surface area contributed by atoms with Crippen LogP contribution in [-0.2, 0) is 0 Å². The van der Waals surface area contributed by atoms with E-state index >= 15 is 0 Å². The molecule has 0 aliphatic heterocycles. The van der Waals surface area contributed by atoms with Crippen LogP contribution in [0.15, 0.2) is 0 Å². The molecule has 0 fully saturated rings. The average molecular weight is 510 g/mol. The van der Waals surface area contributed by atoms with Gasteiger partial charge in [0.15, 0.2) is 0 Å². The van der Waals surface area contributed by atoms with Crippen LogP contribution in [0, 0.1) is 0 Å². The van der Waals surface area contributed by atoms with Crippen LogP contribution in [0.25, 0.3) is 0 Å².